The summed E-state index contributed by atoms with van der Waals surface area (Å²) in [5, 5.41) is 20.4. The van der Waals surface area contributed by atoms with Crippen LogP contribution in [0.5, 0.6) is 0 Å². The van der Waals surface area contributed by atoms with Crippen LogP contribution >= 0.6 is 22.7 Å². The molecule has 0 bridgehead atoms. The lowest BCUT2D eigenvalue weighted by molar-refractivity contribution is 1.14. The molecular weight excluding hydrogens is 649 g/mol. The highest BCUT2D eigenvalue weighted by Gasteiger charge is 2.23. The second-order valence-corrected chi connectivity index (χ2v) is 14.8. The second kappa shape index (κ2) is 10.0. The topological polar surface area (TPSA) is 38.0 Å². The van der Waals surface area contributed by atoms with Crippen LogP contribution in [0, 0.1) is 17.9 Å². The Balaban J connectivity index is 1.23. The lowest BCUT2D eigenvalue weighted by Crippen LogP contribution is -2.01. The number of benzene rings is 7. The molecule has 0 atom stereocenters. The molecule has 4 heterocycles. The van der Waals surface area contributed by atoms with Crippen molar-refractivity contribution < 1.29 is 0 Å². The molecule has 6 heteroatoms. The monoisotopic (exact) mass is 670 g/mol. The van der Waals surface area contributed by atoms with Gasteiger partial charge in [0.15, 0.2) is 0 Å². The minimum absolute atomic E-state index is 0.493. The van der Waals surface area contributed by atoms with Gasteiger partial charge in [-0.1, -0.05) is 84.9 Å². The van der Waals surface area contributed by atoms with E-state index in [4.69, 9.17) is 6.57 Å². The summed E-state index contributed by atoms with van der Waals surface area (Å²) >= 11 is 3.62. The van der Waals surface area contributed by atoms with Gasteiger partial charge in [0.05, 0.1) is 45.6 Å². The summed E-state index contributed by atoms with van der Waals surface area (Å²) < 4.78 is 9.33. The van der Waals surface area contributed by atoms with Crippen molar-refractivity contribution in [2.45, 2.75) is 0 Å². The van der Waals surface area contributed by atoms with E-state index in [0.717, 1.165) is 32.8 Å². The van der Waals surface area contributed by atoms with E-state index in [2.05, 4.69) is 129 Å². The maximum Gasteiger partial charge on any atom is 0.212 e. The quantitative estimate of drug-likeness (QED) is 0.169. The van der Waals surface area contributed by atoms with Crippen LogP contribution in [0.2, 0.25) is 0 Å². The van der Waals surface area contributed by atoms with Gasteiger partial charge in [-0.05, 0) is 48.5 Å². The van der Waals surface area contributed by atoms with Crippen molar-refractivity contribution in [1.82, 2.24) is 9.13 Å². The smallest absolute Gasteiger partial charge is 0.212 e. The number of rotatable bonds is 2. The lowest BCUT2D eigenvalue weighted by atomic mass is 10.1. The Hall–Kier alpha value is -6.44. The summed E-state index contributed by atoms with van der Waals surface area (Å²) in [5.41, 5.74) is 6.49. The number of fused-ring (bicyclic) bond motifs is 14. The highest BCUT2D eigenvalue weighted by atomic mass is 32.1. The second-order valence-electron chi connectivity index (χ2n) is 12.7. The molecule has 0 N–H and O–H groups in total. The van der Waals surface area contributed by atoms with Crippen LogP contribution in [0.1, 0.15) is 5.56 Å². The normalized spacial score (nSPS) is 12.0. The summed E-state index contributed by atoms with van der Waals surface area (Å²) in [6.45, 7) is 8.48. The largest absolute Gasteiger partial charge is 0.319 e. The maximum absolute atomic E-state index is 10.8. The van der Waals surface area contributed by atoms with Crippen molar-refractivity contribution in [3.63, 3.8) is 0 Å². The van der Waals surface area contributed by atoms with E-state index in [9.17, 15) is 5.26 Å². The molecule has 4 nitrogen and oxygen atoms in total. The first kappa shape index (κ1) is 27.5. The van der Waals surface area contributed by atoms with Gasteiger partial charge >= 0.3 is 0 Å². The summed E-state index contributed by atoms with van der Waals surface area (Å²) in [6.07, 6.45) is 0. The third kappa shape index (κ3) is 3.51. The fraction of sp³-hybridized carbons (Fsp3) is 0. The van der Waals surface area contributed by atoms with Crippen molar-refractivity contribution in [2.75, 3.05) is 0 Å². The van der Waals surface area contributed by atoms with Gasteiger partial charge in [0.1, 0.15) is 6.07 Å². The number of nitrogens with zero attached hydrogens (tertiary/aromatic N) is 4. The molecule has 0 radical (unpaired) electrons. The van der Waals surface area contributed by atoms with Crippen LogP contribution in [0.25, 0.3) is 100 Å². The maximum atomic E-state index is 10.8. The first-order valence-corrected chi connectivity index (χ1v) is 18.0. The van der Waals surface area contributed by atoms with Crippen molar-refractivity contribution in [3.8, 4) is 17.4 Å². The predicted octanol–water partition coefficient (Wildman–Crippen LogP) is 13.0. The summed E-state index contributed by atoms with van der Waals surface area (Å²) in [5.74, 6) is 0. The molecule has 11 aromatic rings. The van der Waals surface area contributed by atoms with Crippen molar-refractivity contribution >= 4 is 112 Å². The molecule has 0 aliphatic carbocycles. The molecule has 7 aromatic carbocycles. The van der Waals surface area contributed by atoms with Crippen molar-refractivity contribution in [3.05, 3.63) is 150 Å². The third-order valence-electron chi connectivity index (χ3n) is 10.2. The number of nitriles is 1. The fourth-order valence-corrected chi connectivity index (χ4v) is 10.6. The van der Waals surface area contributed by atoms with E-state index in [1.54, 1.807) is 0 Å². The highest BCUT2D eigenvalue weighted by molar-refractivity contribution is 7.27. The predicted molar refractivity (Wildman–Crippen MR) is 212 cm³/mol. The van der Waals surface area contributed by atoms with Crippen molar-refractivity contribution in [1.29, 1.82) is 5.26 Å². The molecule has 50 heavy (non-hydrogen) atoms. The summed E-state index contributed by atoms with van der Waals surface area (Å²) in [4.78, 5) is 4.13. The van der Waals surface area contributed by atoms with Crippen LogP contribution < -0.4 is 0 Å². The van der Waals surface area contributed by atoms with Crippen LogP contribution in [0.3, 0.4) is 0 Å². The van der Waals surface area contributed by atoms with E-state index in [1.165, 1.54) is 51.1 Å². The van der Waals surface area contributed by atoms with Gasteiger partial charge < -0.3 is 9.13 Å². The van der Waals surface area contributed by atoms with Crippen molar-refractivity contribution in [2.24, 2.45) is 0 Å². The van der Waals surface area contributed by atoms with E-state index < -0.39 is 0 Å². The number of aromatic nitrogens is 2. The van der Waals surface area contributed by atoms with Gasteiger partial charge in [-0.15, -0.1) is 22.7 Å². The van der Waals surface area contributed by atoms with Gasteiger partial charge in [-0.2, -0.15) is 5.26 Å². The molecule has 0 saturated carbocycles. The Bertz CT molecular complexity index is 3130. The van der Waals surface area contributed by atoms with Crippen LogP contribution in [-0.2, 0) is 0 Å². The minimum atomic E-state index is 0.493. The number of thiophene rings is 2. The molecule has 0 amide bonds. The molecule has 0 unspecified atom stereocenters. The van der Waals surface area contributed by atoms with Gasteiger partial charge in [-0.25, -0.2) is 4.85 Å². The van der Waals surface area contributed by atoms with Crippen LogP contribution in [0.15, 0.2) is 133 Å². The minimum Gasteiger partial charge on any atom is -0.319 e. The molecular formula is C44H22N4S2. The average molecular weight is 671 g/mol. The Kier molecular flexibility index (Phi) is 5.52. The van der Waals surface area contributed by atoms with E-state index in [0.29, 0.717) is 22.6 Å². The van der Waals surface area contributed by atoms with E-state index >= 15 is 0 Å². The molecule has 0 aliphatic rings. The summed E-state index contributed by atoms with van der Waals surface area (Å²) in [6, 6.07) is 49.0. The zero-order valence-electron chi connectivity index (χ0n) is 26.3. The van der Waals surface area contributed by atoms with Crippen LogP contribution in [-0.4, -0.2) is 9.13 Å². The standard InChI is InChI=1S/C44H22N4S2/c1-46-32-23-37(47-33-14-6-2-12-30(33)41-35(47)20-18-28-26-10-4-8-16-39(26)49-43(28)41)25(24-45)22-38(32)48-34-15-7-3-13-31(34)42-36(48)21-19-29-27-11-5-9-17-40(27)50-44(29)42/h2-23H. The van der Waals surface area contributed by atoms with Gasteiger partial charge in [0.25, 0.3) is 0 Å². The number of hydrogen-bond donors (Lipinski definition) is 0. The Morgan fingerprint density at radius 3 is 1.50 bits per heavy atom. The zero-order chi connectivity index (χ0) is 33.1. The van der Waals surface area contributed by atoms with Crippen LogP contribution in [0.4, 0.5) is 5.69 Å². The molecule has 4 aromatic heterocycles. The third-order valence-corrected chi connectivity index (χ3v) is 12.6. The molecule has 11 rings (SSSR count). The SMILES string of the molecule is [C-]#[N+]c1cc(-n2c3ccccc3c3c4sc5ccccc5c4ccc32)c(C#N)cc1-n1c2ccccc2c2c3sc4ccccc4c3ccc21. The first-order chi connectivity index (χ1) is 24.7. The number of hydrogen-bond acceptors (Lipinski definition) is 3. The average Bonchev–Trinajstić information content (AvgIpc) is 3.91. The highest BCUT2D eigenvalue weighted by Crippen LogP contribution is 2.47. The van der Waals surface area contributed by atoms with E-state index in [-0.39, 0.29) is 0 Å². The fourth-order valence-electron chi connectivity index (χ4n) is 8.10. The lowest BCUT2D eigenvalue weighted by Gasteiger charge is -2.16. The Morgan fingerprint density at radius 1 is 0.500 bits per heavy atom. The first-order valence-electron chi connectivity index (χ1n) is 16.4. The van der Waals surface area contributed by atoms with Gasteiger partial charge in [0.2, 0.25) is 5.69 Å². The molecule has 0 aliphatic heterocycles. The molecule has 0 spiro atoms. The Labute approximate surface area is 293 Å². The Morgan fingerprint density at radius 2 is 0.980 bits per heavy atom. The van der Waals surface area contributed by atoms with Gasteiger partial charge in [0, 0.05) is 61.9 Å². The molecule has 0 fully saturated rings. The summed E-state index contributed by atoms with van der Waals surface area (Å²) in [7, 11) is 0. The number of para-hydroxylation sites is 2. The zero-order valence-corrected chi connectivity index (χ0v) is 27.9. The van der Waals surface area contributed by atoms with Gasteiger partial charge in [-0.3, -0.25) is 0 Å². The molecule has 230 valence electrons. The molecule has 0 saturated heterocycles. The van der Waals surface area contributed by atoms with E-state index in [1.807, 2.05) is 46.9 Å².